The topological polar surface area (TPSA) is 64.8 Å². The molecule has 0 saturated carbocycles. The Morgan fingerprint density at radius 3 is 3.12 bits per heavy atom. The smallest absolute Gasteiger partial charge is 0.245 e. The number of amides is 1. The lowest BCUT2D eigenvalue weighted by molar-refractivity contribution is -0.141. The summed E-state index contributed by atoms with van der Waals surface area (Å²) in [6.45, 7) is 5.08. The summed E-state index contributed by atoms with van der Waals surface area (Å²) in [5.41, 5.74) is 5.30. The van der Waals surface area contributed by atoms with E-state index in [-0.39, 0.29) is 12.0 Å². The first-order valence-electron chi connectivity index (χ1n) is 6.43. The Morgan fingerprint density at radius 2 is 2.47 bits per heavy atom. The molecule has 2 rings (SSSR count). The lowest BCUT2D eigenvalue weighted by Gasteiger charge is -2.36. The molecule has 1 amide bonds. The largest absolute Gasteiger partial charge is 0.379 e. The third-order valence-corrected chi connectivity index (χ3v) is 3.55. The van der Waals surface area contributed by atoms with E-state index < -0.39 is 5.54 Å². The predicted molar refractivity (Wildman–Crippen MR) is 63.6 cm³/mol. The summed E-state index contributed by atoms with van der Waals surface area (Å²) >= 11 is 0. The van der Waals surface area contributed by atoms with Crippen LogP contribution in [0.3, 0.4) is 0 Å². The maximum Gasteiger partial charge on any atom is 0.245 e. The zero-order chi connectivity index (χ0) is 12.3. The van der Waals surface area contributed by atoms with E-state index in [2.05, 4.69) is 0 Å². The summed E-state index contributed by atoms with van der Waals surface area (Å²) in [4.78, 5) is 14.2. The number of carbonyl (C=O) groups is 1. The van der Waals surface area contributed by atoms with Crippen LogP contribution >= 0.6 is 0 Å². The maximum absolute atomic E-state index is 12.3. The van der Waals surface area contributed by atoms with Crippen molar-refractivity contribution in [3.8, 4) is 0 Å². The van der Waals surface area contributed by atoms with Crippen molar-refractivity contribution in [3.05, 3.63) is 0 Å². The molecule has 0 radical (unpaired) electrons. The number of hydrogen-bond donors (Lipinski definition) is 1. The van der Waals surface area contributed by atoms with Crippen LogP contribution in [0.15, 0.2) is 0 Å². The molecule has 98 valence electrons. The second-order valence-corrected chi connectivity index (χ2v) is 4.93. The number of likely N-dealkylation sites (tertiary alicyclic amines) is 1. The molecule has 2 aliphatic rings. The van der Waals surface area contributed by atoms with E-state index in [0.717, 1.165) is 19.4 Å². The third kappa shape index (κ3) is 2.78. The van der Waals surface area contributed by atoms with E-state index in [0.29, 0.717) is 32.8 Å². The van der Waals surface area contributed by atoms with Crippen molar-refractivity contribution in [2.75, 3.05) is 32.9 Å². The Bertz CT molecular complexity index is 275. The number of ether oxygens (including phenoxy) is 2. The van der Waals surface area contributed by atoms with Crippen molar-refractivity contribution in [2.24, 2.45) is 5.73 Å². The summed E-state index contributed by atoms with van der Waals surface area (Å²) < 4.78 is 10.8. The number of nitrogens with zero attached hydrogens (tertiary/aromatic N) is 1. The highest BCUT2D eigenvalue weighted by Gasteiger charge is 2.42. The number of rotatable bonds is 3. The van der Waals surface area contributed by atoms with Crippen LogP contribution < -0.4 is 5.73 Å². The van der Waals surface area contributed by atoms with Gasteiger partial charge in [0, 0.05) is 26.3 Å². The molecule has 5 heteroatoms. The molecular formula is C12H22N2O3. The van der Waals surface area contributed by atoms with E-state index in [9.17, 15) is 4.79 Å². The van der Waals surface area contributed by atoms with Crippen molar-refractivity contribution < 1.29 is 14.3 Å². The van der Waals surface area contributed by atoms with Gasteiger partial charge in [-0.1, -0.05) is 0 Å². The number of piperidine rings is 1. The fourth-order valence-electron chi connectivity index (χ4n) is 2.56. The van der Waals surface area contributed by atoms with Gasteiger partial charge in [-0.05, 0) is 26.2 Å². The zero-order valence-corrected chi connectivity index (χ0v) is 10.5. The van der Waals surface area contributed by atoms with Crippen molar-refractivity contribution in [2.45, 2.75) is 37.8 Å². The molecule has 2 N–H and O–H groups in total. The molecule has 2 heterocycles. The molecule has 0 aromatic carbocycles. The van der Waals surface area contributed by atoms with Crippen LogP contribution in [0.2, 0.25) is 0 Å². The summed E-state index contributed by atoms with van der Waals surface area (Å²) in [6, 6.07) is 0. The lowest BCUT2D eigenvalue weighted by atomic mass is 9.96. The summed E-state index contributed by atoms with van der Waals surface area (Å²) in [7, 11) is 0. The van der Waals surface area contributed by atoms with Gasteiger partial charge in [0.1, 0.15) is 5.54 Å². The van der Waals surface area contributed by atoms with Crippen LogP contribution in [0.25, 0.3) is 0 Å². The van der Waals surface area contributed by atoms with Gasteiger partial charge in [-0.15, -0.1) is 0 Å². The molecule has 0 aromatic heterocycles. The fraction of sp³-hybridized carbons (Fsp3) is 0.917. The highest BCUT2D eigenvalue weighted by Crippen LogP contribution is 2.22. The second kappa shape index (κ2) is 5.33. The van der Waals surface area contributed by atoms with Crippen molar-refractivity contribution in [1.82, 2.24) is 4.90 Å². The fourth-order valence-corrected chi connectivity index (χ4v) is 2.56. The van der Waals surface area contributed by atoms with Crippen LogP contribution in [0.5, 0.6) is 0 Å². The molecule has 2 atom stereocenters. The Hall–Kier alpha value is -0.650. The van der Waals surface area contributed by atoms with Crippen LogP contribution in [-0.2, 0) is 14.3 Å². The van der Waals surface area contributed by atoms with E-state index in [4.69, 9.17) is 15.2 Å². The Labute approximate surface area is 102 Å². The Balaban J connectivity index is 1.94. The first-order valence-corrected chi connectivity index (χ1v) is 6.43. The van der Waals surface area contributed by atoms with Gasteiger partial charge in [-0.25, -0.2) is 0 Å². The highest BCUT2D eigenvalue weighted by molar-refractivity contribution is 5.86. The Morgan fingerprint density at radius 1 is 1.65 bits per heavy atom. The minimum atomic E-state index is -0.798. The van der Waals surface area contributed by atoms with Gasteiger partial charge in [0.15, 0.2) is 0 Å². The normalized spacial score (nSPS) is 34.0. The monoisotopic (exact) mass is 242 g/mol. The minimum absolute atomic E-state index is 0.0272. The van der Waals surface area contributed by atoms with Gasteiger partial charge in [0.2, 0.25) is 5.91 Å². The van der Waals surface area contributed by atoms with Crippen LogP contribution in [0.4, 0.5) is 0 Å². The first-order chi connectivity index (χ1) is 8.15. The predicted octanol–water partition coefficient (Wildman–Crippen LogP) is 0.132. The van der Waals surface area contributed by atoms with E-state index >= 15 is 0 Å². The van der Waals surface area contributed by atoms with Gasteiger partial charge in [0.25, 0.3) is 0 Å². The highest BCUT2D eigenvalue weighted by atomic mass is 16.5. The van der Waals surface area contributed by atoms with E-state index in [1.165, 1.54) is 0 Å². The SMILES string of the molecule is CCOC1CCCN(C(=O)C2(N)CCOC2)C1. The van der Waals surface area contributed by atoms with Gasteiger partial charge < -0.3 is 20.1 Å². The van der Waals surface area contributed by atoms with Gasteiger partial charge in [0.05, 0.1) is 12.7 Å². The summed E-state index contributed by atoms with van der Waals surface area (Å²) in [6.07, 6.45) is 2.82. The molecular weight excluding hydrogens is 220 g/mol. The van der Waals surface area contributed by atoms with Crippen LogP contribution in [0, 0.1) is 0 Å². The second-order valence-electron chi connectivity index (χ2n) is 4.93. The zero-order valence-electron chi connectivity index (χ0n) is 10.5. The average molecular weight is 242 g/mol. The molecule has 0 spiro atoms. The van der Waals surface area contributed by atoms with Gasteiger partial charge >= 0.3 is 0 Å². The number of hydrogen-bond acceptors (Lipinski definition) is 4. The summed E-state index contributed by atoms with van der Waals surface area (Å²) in [5, 5.41) is 0. The van der Waals surface area contributed by atoms with Crippen LogP contribution in [-0.4, -0.2) is 55.4 Å². The average Bonchev–Trinajstić information content (AvgIpc) is 2.77. The molecule has 2 aliphatic heterocycles. The van der Waals surface area contributed by atoms with Crippen molar-refractivity contribution >= 4 is 5.91 Å². The van der Waals surface area contributed by atoms with Gasteiger partial charge in [-0.3, -0.25) is 4.79 Å². The minimum Gasteiger partial charge on any atom is -0.379 e. The van der Waals surface area contributed by atoms with Crippen LogP contribution in [0.1, 0.15) is 26.2 Å². The molecule has 2 unspecified atom stereocenters. The molecule has 0 aliphatic carbocycles. The van der Waals surface area contributed by atoms with E-state index in [1.807, 2.05) is 11.8 Å². The molecule has 0 aromatic rings. The van der Waals surface area contributed by atoms with E-state index in [1.54, 1.807) is 0 Å². The Kier molecular flexibility index (Phi) is 4.01. The third-order valence-electron chi connectivity index (χ3n) is 3.55. The lowest BCUT2D eigenvalue weighted by Crippen LogP contribution is -2.58. The quantitative estimate of drug-likeness (QED) is 0.764. The first kappa shape index (κ1) is 12.8. The molecule has 17 heavy (non-hydrogen) atoms. The van der Waals surface area contributed by atoms with Crippen molar-refractivity contribution in [3.63, 3.8) is 0 Å². The molecule has 2 saturated heterocycles. The van der Waals surface area contributed by atoms with Gasteiger partial charge in [-0.2, -0.15) is 0 Å². The summed E-state index contributed by atoms with van der Waals surface area (Å²) in [5.74, 6) is 0.0272. The molecule has 0 bridgehead atoms. The molecule has 5 nitrogen and oxygen atoms in total. The number of carbonyl (C=O) groups excluding carboxylic acids is 1. The maximum atomic E-state index is 12.3. The molecule has 2 fully saturated rings. The van der Waals surface area contributed by atoms with Crippen molar-refractivity contribution in [1.29, 1.82) is 0 Å². The standard InChI is InChI=1S/C12H22N2O3/c1-2-17-10-4-3-6-14(8-10)11(15)12(13)5-7-16-9-12/h10H,2-9,13H2,1H3. The number of nitrogens with two attached hydrogens (primary N) is 1.